The molecule has 2 heterocycles. The molecule has 3 rings (SSSR count). The summed E-state index contributed by atoms with van der Waals surface area (Å²) in [6.45, 7) is 2.40. The summed E-state index contributed by atoms with van der Waals surface area (Å²) in [5.74, 6) is 0. The van der Waals surface area contributed by atoms with Crippen LogP contribution in [0.4, 0.5) is 5.69 Å². The van der Waals surface area contributed by atoms with E-state index in [4.69, 9.17) is 0 Å². The highest BCUT2D eigenvalue weighted by atomic mass is 15.1. The second-order valence-electron chi connectivity index (χ2n) is 4.38. The second-order valence-corrected chi connectivity index (χ2v) is 4.38. The van der Waals surface area contributed by atoms with Crippen molar-refractivity contribution in [1.29, 1.82) is 0 Å². The highest BCUT2D eigenvalue weighted by Crippen LogP contribution is 2.24. The number of piperidine rings is 1. The lowest BCUT2D eigenvalue weighted by atomic mass is 10.1. The third kappa shape index (κ3) is 1.65. The molecule has 2 aliphatic rings. The van der Waals surface area contributed by atoms with Gasteiger partial charge in [0.15, 0.2) is 0 Å². The molecule has 1 aliphatic heterocycles. The van der Waals surface area contributed by atoms with Gasteiger partial charge in [-0.05, 0) is 30.9 Å². The lowest BCUT2D eigenvalue weighted by Gasteiger charge is -2.28. The van der Waals surface area contributed by atoms with E-state index in [0.29, 0.717) is 0 Å². The van der Waals surface area contributed by atoms with E-state index in [0.717, 1.165) is 6.42 Å². The lowest BCUT2D eigenvalue weighted by Crippen LogP contribution is -2.29. The Bertz CT molecular complexity index is 390. The summed E-state index contributed by atoms with van der Waals surface area (Å²) in [5.41, 5.74) is 3.86. The quantitative estimate of drug-likeness (QED) is 0.692. The molecule has 0 saturated carbocycles. The van der Waals surface area contributed by atoms with Gasteiger partial charge in [-0.3, -0.25) is 4.98 Å². The lowest BCUT2D eigenvalue weighted by molar-refractivity contribution is 0.577. The van der Waals surface area contributed by atoms with Crippen LogP contribution in [0.25, 0.3) is 6.08 Å². The van der Waals surface area contributed by atoms with Crippen molar-refractivity contribution < 1.29 is 0 Å². The predicted molar refractivity (Wildman–Crippen MR) is 63.0 cm³/mol. The maximum Gasteiger partial charge on any atom is 0.0558 e. The normalized spacial score (nSPS) is 19.3. The van der Waals surface area contributed by atoms with Crippen LogP contribution in [0.5, 0.6) is 0 Å². The van der Waals surface area contributed by atoms with Crippen molar-refractivity contribution in [2.75, 3.05) is 18.0 Å². The number of nitrogens with zero attached hydrogens (tertiary/aromatic N) is 2. The van der Waals surface area contributed by atoms with E-state index in [2.05, 4.69) is 28.1 Å². The summed E-state index contributed by atoms with van der Waals surface area (Å²) in [7, 11) is 0. The van der Waals surface area contributed by atoms with Gasteiger partial charge in [-0.1, -0.05) is 12.2 Å². The van der Waals surface area contributed by atoms with Gasteiger partial charge >= 0.3 is 0 Å². The number of pyridine rings is 1. The van der Waals surface area contributed by atoms with Crippen LogP contribution in [-0.2, 0) is 6.42 Å². The summed E-state index contributed by atoms with van der Waals surface area (Å²) in [6.07, 6.45) is 11.5. The molecule has 0 radical (unpaired) electrons. The van der Waals surface area contributed by atoms with Crippen LogP contribution in [-0.4, -0.2) is 18.1 Å². The van der Waals surface area contributed by atoms with Gasteiger partial charge in [0.25, 0.3) is 0 Å². The Morgan fingerprint density at radius 2 is 2.00 bits per heavy atom. The molecule has 78 valence electrons. The largest absolute Gasteiger partial charge is 0.370 e. The van der Waals surface area contributed by atoms with Crippen LogP contribution in [0.2, 0.25) is 0 Å². The molecule has 1 aromatic rings. The summed E-state index contributed by atoms with van der Waals surface area (Å²) >= 11 is 0. The SMILES string of the molecule is C1=Cc2cc(N3CCCCC3)cnc2C1. The van der Waals surface area contributed by atoms with Crippen molar-refractivity contribution in [2.24, 2.45) is 0 Å². The smallest absolute Gasteiger partial charge is 0.0558 e. The molecule has 1 fully saturated rings. The van der Waals surface area contributed by atoms with Gasteiger partial charge in [-0.2, -0.15) is 0 Å². The van der Waals surface area contributed by atoms with E-state index in [1.165, 1.54) is 49.3 Å². The predicted octanol–water partition coefficient (Wildman–Crippen LogP) is 2.64. The fourth-order valence-electron chi connectivity index (χ4n) is 2.44. The number of fused-ring (bicyclic) bond motifs is 1. The van der Waals surface area contributed by atoms with E-state index < -0.39 is 0 Å². The van der Waals surface area contributed by atoms with Gasteiger partial charge in [0, 0.05) is 19.5 Å². The van der Waals surface area contributed by atoms with Crippen LogP contribution in [0.1, 0.15) is 30.5 Å². The highest BCUT2D eigenvalue weighted by Gasteiger charge is 2.13. The van der Waals surface area contributed by atoms with E-state index in [1.807, 2.05) is 6.20 Å². The molecular weight excluding hydrogens is 184 g/mol. The Kier molecular flexibility index (Phi) is 2.20. The summed E-state index contributed by atoms with van der Waals surface area (Å²) < 4.78 is 0. The van der Waals surface area contributed by atoms with Crippen LogP contribution >= 0.6 is 0 Å². The third-order valence-electron chi connectivity index (χ3n) is 3.32. The minimum Gasteiger partial charge on any atom is -0.370 e. The topological polar surface area (TPSA) is 16.1 Å². The van der Waals surface area contributed by atoms with Crippen molar-refractivity contribution >= 4 is 11.8 Å². The molecule has 0 atom stereocenters. The van der Waals surface area contributed by atoms with E-state index in [9.17, 15) is 0 Å². The molecule has 0 spiro atoms. The van der Waals surface area contributed by atoms with E-state index in [-0.39, 0.29) is 0 Å². The van der Waals surface area contributed by atoms with Crippen molar-refractivity contribution in [1.82, 2.24) is 4.98 Å². The Morgan fingerprint density at radius 3 is 2.87 bits per heavy atom. The molecule has 0 N–H and O–H groups in total. The molecule has 0 unspecified atom stereocenters. The molecular formula is C13H16N2. The first-order chi connectivity index (χ1) is 7.43. The maximum atomic E-state index is 4.53. The first-order valence-electron chi connectivity index (χ1n) is 5.84. The van der Waals surface area contributed by atoms with Gasteiger partial charge in [0.1, 0.15) is 0 Å². The van der Waals surface area contributed by atoms with Crippen LogP contribution in [0.15, 0.2) is 18.3 Å². The van der Waals surface area contributed by atoms with Crippen molar-refractivity contribution in [3.8, 4) is 0 Å². The van der Waals surface area contributed by atoms with Crippen LogP contribution in [0.3, 0.4) is 0 Å². The molecule has 2 heteroatoms. The number of hydrogen-bond donors (Lipinski definition) is 0. The van der Waals surface area contributed by atoms with Gasteiger partial charge in [0.2, 0.25) is 0 Å². The van der Waals surface area contributed by atoms with Gasteiger partial charge < -0.3 is 4.90 Å². The summed E-state index contributed by atoms with van der Waals surface area (Å²) in [4.78, 5) is 6.99. The van der Waals surface area contributed by atoms with Crippen LogP contribution in [0, 0.1) is 0 Å². The monoisotopic (exact) mass is 200 g/mol. The van der Waals surface area contributed by atoms with Gasteiger partial charge in [0.05, 0.1) is 17.6 Å². The molecule has 0 bridgehead atoms. The minimum atomic E-state index is 1.01. The highest BCUT2D eigenvalue weighted by molar-refractivity contribution is 5.63. The first-order valence-corrected chi connectivity index (χ1v) is 5.84. The fraction of sp³-hybridized carbons (Fsp3) is 0.462. The molecule has 1 saturated heterocycles. The fourth-order valence-corrected chi connectivity index (χ4v) is 2.44. The van der Waals surface area contributed by atoms with Crippen LogP contribution < -0.4 is 4.90 Å². The molecule has 15 heavy (non-hydrogen) atoms. The second kappa shape index (κ2) is 3.69. The zero-order valence-corrected chi connectivity index (χ0v) is 8.95. The van der Waals surface area contributed by atoms with Crippen molar-refractivity contribution in [3.05, 3.63) is 29.6 Å². The summed E-state index contributed by atoms with van der Waals surface area (Å²) in [5, 5.41) is 0. The van der Waals surface area contributed by atoms with E-state index >= 15 is 0 Å². The number of aromatic nitrogens is 1. The molecule has 2 nitrogen and oxygen atoms in total. The molecule has 1 aliphatic carbocycles. The Hall–Kier alpha value is -1.31. The Labute approximate surface area is 90.6 Å². The zero-order chi connectivity index (χ0) is 10.1. The first kappa shape index (κ1) is 8.96. The average Bonchev–Trinajstić information content (AvgIpc) is 2.77. The van der Waals surface area contributed by atoms with Crippen molar-refractivity contribution in [3.63, 3.8) is 0 Å². The molecule has 0 aromatic carbocycles. The molecule has 1 aromatic heterocycles. The van der Waals surface area contributed by atoms with Crippen molar-refractivity contribution in [2.45, 2.75) is 25.7 Å². The van der Waals surface area contributed by atoms with Gasteiger partial charge in [-0.15, -0.1) is 0 Å². The number of allylic oxidation sites excluding steroid dienone is 1. The number of hydrogen-bond acceptors (Lipinski definition) is 2. The zero-order valence-electron chi connectivity index (χ0n) is 8.95. The van der Waals surface area contributed by atoms with Gasteiger partial charge in [-0.25, -0.2) is 0 Å². The average molecular weight is 200 g/mol. The Morgan fingerprint density at radius 1 is 1.13 bits per heavy atom. The summed E-state index contributed by atoms with van der Waals surface area (Å²) in [6, 6.07) is 2.29. The number of rotatable bonds is 1. The standard InChI is InChI=1S/C13H16N2/c1-2-7-15(8-3-1)12-9-11-5-4-6-13(11)14-10-12/h4-5,9-10H,1-3,6-8H2. The van der Waals surface area contributed by atoms with E-state index in [1.54, 1.807) is 0 Å². The maximum absolute atomic E-state index is 4.53. The Balaban J connectivity index is 1.88. The number of anilines is 1. The third-order valence-corrected chi connectivity index (χ3v) is 3.32. The minimum absolute atomic E-state index is 1.01. The molecule has 0 amide bonds.